The largest absolute Gasteiger partial charge is 0.481 e. The van der Waals surface area contributed by atoms with Crippen LogP contribution in [0.5, 0.6) is 0 Å². The van der Waals surface area contributed by atoms with Crippen LogP contribution in [0.15, 0.2) is 0 Å². The molecule has 0 bridgehead atoms. The number of thioether (sulfide) groups is 1. The molecule has 86 valence electrons. The van der Waals surface area contributed by atoms with Crippen LogP contribution in [0.2, 0.25) is 0 Å². The number of nitrogens with zero attached hydrogens (tertiary/aromatic N) is 1. The topological polar surface area (TPSA) is 57.6 Å². The van der Waals surface area contributed by atoms with Crippen molar-refractivity contribution < 1.29 is 14.7 Å². The average Bonchev–Trinajstić information content (AvgIpc) is 2.55. The zero-order valence-corrected chi connectivity index (χ0v) is 9.76. The van der Waals surface area contributed by atoms with Gasteiger partial charge < -0.3 is 10.0 Å². The standard InChI is InChI=1S/C10H17NO3S/c1-2-15-5-3-4-11-7-8(10(13)14)6-9(11)12/h8H,2-7H2,1H3,(H,13,14). The Morgan fingerprint density at radius 2 is 2.40 bits per heavy atom. The van der Waals surface area contributed by atoms with E-state index in [0.29, 0.717) is 13.1 Å². The number of carbonyl (C=O) groups excluding carboxylic acids is 1. The summed E-state index contributed by atoms with van der Waals surface area (Å²) in [6, 6.07) is 0. The molecule has 4 nitrogen and oxygen atoms in total. The Hall–Kier alpha value is -0.710. The van der Waals surface area contributed by atoms with Gasteiger partial charge in [-0.15, -0.1) is 0 Å². The summed E-state index contributed by atoms with van der Waals surface area (Å²) >= 11 is 1.85. The second-order valence-corrected chi connectivity index (χ2v) is 5.02. The van der Waals surface area contributed by atoms with Crippen LogP contribution in [-0.4, -0.2) is 46.5 Å². The Morgan fingerprint density at radius 3 is 2.93 bits per heavy atom. The van der Waals surface area contributed by atoms with Gasteiger partial charge in [0.05, 0.1) is 5.92 Å². The number of hydrogen-bond acceptors (Lipinski definition) is 3. The normalized spacial score (nSPS) is 21.0. The van der Waals surface area contributed by atoms with Gasteiger partial charge in [0, 0.05) is 19.5 Å². The molecule has 5 heteroatoms. The van der Waals surface area contributed by atoms with Crippen LogP contribution in [0.3, 0.4) is 0 Å². The minimum Gasteiger partial charge on any atom is -0.481 e. The van der Waals surface area contributed by atoms with E-state index in [1.165, 1.54) is 0 Å². The molecule has 1 rings (SSSR count). The lowest BCUT2D eigenvalue weighted by Gasteiger charge is -2.15. The highest BCUT2D eigenvalue weighted by molar-refractivity contribution is 7.99. The predicted molar refractivity (Wildman–Crippen MR) is 59.9 cm³/mol. The quantitative estimate of drug-likeness (QED) is 0.695. The smallest absolute Gasteiger partial charge is 0.308 e. The van der Waals surface area contributed by atoms with Crippen molar-refractivity contribution in [3.63, 3.8) is 0 Å². The minimum atomic E-state index is -0.853. The molecule has 0 aliphatic carbocycles. The van der Waals surface area contributed by atoms with Gasteiger partial charge in [0.2, 0.25) is 5.91 Å². The molecule has 0 radical (unpaired) electrons. The Morgan fingerprint density at radius 1 is 1.67 bits per heavy atom. The van der Waals surface area contributed by atoms with Crippen LogP contribution in [0, 0.1) is 5.92 Å². The highest BCUT2D eigenvalue weighted by Crippen LogP contribution is 2.18. The van der Waals surface area contributed by atoms with Crippen molar-refractivity contribution in [1.82, 2.24) is 4.90 Å². The lowest BCUT2D eigenvalue weighted by molar-refractivity contribution is -0.141. The van der Waals surface area contributed by atoms with E-state index in [-0.39, 0.29) is 12.3 Å². The number of carboxylic acid groups (broad SMARTS) is 1. The van der Waals surface area contributed by atoms with Crippen molar-refractivity contribution in [3.8, 4) is 0 Å². The molecule has 15 heavy (non-hydrogen) atoms. The molecule has 0 saturated carbocycles. The zero-order valence-electron chi connectivity index (χ0n) is 8.94. The molecule has 1 atom stereocenters. The highest BCUT2D eigenvalue weighted by atomic mass is 32.2. The summed E-state index contributed by atoms with van der Waals surface area (Å²) < 4.78 is 0. The molecule has 1 saturated heterocycles. The van der Waals surface area contributed by atoms with Crippen molar-refractivity contribution in [1.29, 1.82) is 0 Å². The molecule has 1 unspecified atom stereocenters. The van der Waals surface area contributed by atoms with Crippen molar-refractivity contribution in [2.24, 2.45) is 5.92 Å². The van der Waals surface area contributed by atoms with Crippen LogP contribution in [0.25, 0.3) is 0 Å². The van der Waals surface area contributed by atoms with Gasteiger partial charge in [-0.3, -0.25) is 9.59 Å². The SMILES string of the molecule is CCSCCCN1CC(C(=O)O)CC1=O. The molecule has 1 heterocycles. The maximum absolute atomic E-state index is 11.4. The third-order valence-corrected chi connectivity index (χ3v) is 3.47. The molecule has 1 aliphatic rings. The van der Waals surface area contributed by atoms with Gasteiger partial charge in [-0.2, -0.15) is 11.8 Å². The Bertz CT molecular complexity index is 245. The first-order valence-corrected chi connectivity index (χ1v) is 6.39. The van der Waals surface area contributed by atoms with E-state index in [2.05, 4.69) is 6.92 Å². The molecule has 0 spiro atoms. The number of likely N-dealkylation sites (tertiary alicyclic amines) is 1. The summed E-state index contributed by atoms with van der Waals surface area (Å²) in [5.74, 6) is 0.776. The summed E-state index contributed by atoms with van der Waals surface area (Å²) in [6.07, 6.45) is 1.13. The van der Waals surface area contributed by atoms with Gasteiger partial charge in [-0.05, 0) is 17.9 Å². The molecule has 0 aromatic carbocycles. The fourth-order valence-corrected chi connectivity index (χ4v) is 2.28. The molecule has 0 aromatic heterocycles. The first-order chi connectivity index (χ1) is 7.15. The highest BCUT2D eigenvalue weighted by Gasteiger charge is 2.33. The minimum absolute atomic E-state index is 0.0103. The van der Waals surface area contributed by atoms with Gasteiger partial charge in [0.1, 0.15) is 0 Å². The second kappa shape index (κ2) is 6.00. The van der Waals surface area contributed by atoms with Gasteiger partial charge >= 0.3 is 5.97 Å². The summed E-state index contributed by atoms with van der Waals surface area (Å²) in [4.78, 5) is 23.8. The van der Waals surface area contributed by atoms with Gasteiger partial charge in [-0.25, -0.2) is 0 Å². The first-order valence-electron chi connectivity index (χ1n) is 5.23. The van der Waals surface area contributed by atoms with E-state index < -0.39 is 11.9 Å². The number of rotatable bonds is 6. The molecule has 1 aliphatic heterocycles. The average molecular weight is 231 g/mol. The van der Waals surface area contributed by atoms with Crippen LogP contribution in [-0.2, 0) is 9.59 Å². The van der Waals surface area contributed by atoms with Crippen LogP contribution in [0.4, 0.5) is 0 Å². The molecule has 1 amide bonds. The lowest BCUT2D eigenvalue weighted by atomic mass is 10.1. The molecular formula is C10H17NO3S. The van der Waals surface area contributed by atoms with E-state index in [0.717, 1.165) is 17.9 Å². The van der Waals surface area contributed by atoms with Gasteiger partial charge in [0.25, 0.3) is 0 Å². The molecular weight excluding hydrogens is 214 g/mol. The first kappa shape index (κ1) is 12.4. The fourth-order valence-electron chi connectivity index (χ4n) is 1.66. The zero-order chi connectivity index (χ0) is 11.3. The maximum atomic E-state index is 11.4. The van der Waals surface area contributed by atoms with Crippen LogP contribution >= 0.6 is 11.8 Å². The Balaban J connectivity index is 2.25. The third kappa shape index (κ3) is 3.74. The van der Waals surface area contributed by atoms with Crippen molar-refractivity contribution >= 4 is 23.6 Å². The molecule has 0 aromatic rings. The van der Waals surface area contributed by atoms with Crippen molar-refractivity contribution in [2.75, 3.05) is 24.6 Å². The summed E-state index contributed by atoms with van der Waals surface area (Å²) in [6.45, 7) is 3.20. The number of hydrogen-bond donors (Lipinski definition) is 1. The van der Waals surface area contributed by atoms with Gasteiger partial charge in [0.15, 0.2) is 0 Å². The monoisotopic (exact) mass is 231 g/mol. The van der Waals surface area contributed by atoms with Crippen LogP contribution in [0.1, 0.15) is 19.8 Å². The van der Waals surface area contributed by atoms with Crippen molar-refractivity contribution in [3.05, 3.63) is 0 Å². The van der Waals surface area contributed by atoms with E-state index in [1.807, 2.05) is 11.8 Å². The van der Waals surface area contributed by atoms with E-state index in [4.69, 9.17) is 5.11 Å². The summed E-state index contributed by atoms with van der Waals surface area (Å²) in [5.41, 5.74) is 0. The number of aliphatic carboxylic acids is 1. The summed E-state index contributed by atoms with van der Waals surface area (Å²) in [7, 11) is 0. The predicted octanol–water partition coefficient (Wildman–Crippen LogP) is 1.06. The van der Waals surface area contributed by atoms with Crippen LogP contribution < -0.4 is 0 Å². The summed E-state index contributed by atoms with van der Waals surface area (Å²) in [5, 5.41) is 8.78. The third-order valence-electron chi connectivity index (χ3n) is 2.48. The van der Waals surface area contributed by atoms with Crippen molar-refractivity contribution in [2.45, 2.75) is 19.8 Å². The Kier molecular flexibility index (Phi) is 4.94. The van der Waals surface area contributed by atoms with E-state index in [1.54, 1.807) is 4.90 Å². The van der Waals surface area contributed by atoms with E-state index in [9.17, 15) is 9.59 Å². The number of carbonyl (C=O) groups is 2. The Labute approximate surface area is 94.0 Å². The maximum Gasteiger partial charge on any atom is 0.308 e. The number of carboxylic acids is 1. The molecule has 1 N–H and O–H groups in total. The number of amides is 1. The van der Waals surface area contributed by atoms with Gasteiger partial charge in [-0.1, -0.05) is 6.92 Å². The molecule has 1 fully saturated rings. The van der Waals surface area contributed by atoms with E-state index >= 15 is 0 Å². The fraction of sp³-hybridized carbons (Fsp3) is 0.800. The second-order valence-electron chi connectivity index (χ2n) is 3.63. The lowest BCUT2D eigenvalue weighted by Crippen LogP contribution is -2.27.